The topological polar surface area (TPSA) is 83.3 Å². The molecule has 1 saturated heterocycles. The lowest BCUT2D eigenvalue weighted by Crippen LogP contribution is -2.48. The Morgan fingerprint density at radius 1 is 0.872 bits per heavy atom. The van der Waals surface area contributed by atoms with Gasteiger partial charge in [0, 0.05) is 56.7 Å². The number of fused-ring (bicyclic) bond motifs is 1. The molecule has 39 heavy (non-hydrogen) atoms. The number of H-pyrrole nitrogens is 1. The van der Waals surface area contributed by atoms with Crippen LogP contribution in [0.2, 0.25) is 0 Å². The molecule has 0 aliphatic carbocycles. The van der Waals surface area contributed by atoms with Gasteiger partial charge < -0.3 is 14.8 Å². The molecule has 202 valence electrons. The van der Waals surface area contributed by atoms with Crippen molar-refractivity contribution in [2.45, 2.75) is 39.8 Å². The molecule has 2 aromatic heterocycles. The first-order chi connectivity index (χ1) is 19.0. The van der Waals surface area contributed by atoms with Gasteiger partial charge in [0.05, 0.1) is 5.52 Å². The number of benzene rings is 2. The summed E-state index contributed by atoms with van der Waals surface area (Å²) >= 11 is 0. The van der Waals surface area contributed by atoms with Crippen molar-refractivity contribution in [3.63, 3.8) is 0 Å². The average Bonchev–Trinajstić information content (AvgIpc) is 3.43. The van der Waals surface area contributed by atoms with Crippen LogP contribution in [0.4, 0.5) is 5.69 Å². The number of anilines is 1. The normalized spacial score (nSPS) is 14.0. The Bertz CT molecular complexity index is 1590. The second-order valence-corrected chi connectivity index (χ2v) is 9.94. The van der Waals surface area contributed by atoms with Crippen LogP contribution in [-0.4, -0.2) is 51.1 Å². The molecule has 0 saturated carbocycles. The Morgan fingerprint density at radius 3 is 2.21 bits per heavy atom. The molecule has 3 heterocycles. The number of amides is 1. The van der Waals surface area contributed by atoms with E-state index in [1.807, 2.05) is 73.4 Å². The minimum absolute atomic E-state index is 0.0136. The number of hydrogen-bond donors (Lipinski definition) is 1. The molecule has 4 aromatic rings. The summed E-state index contributed by atoms with van der Waals surface area (Å²) in [5, 5.41) is 0. The van der Waals surface area contributed by atoms with Crippen LogP contribution < -0.4 is 16.1 Å². The third kappa shape index (κ3) is 5.46. The molecular weight excluding hydrogens is 490 g/mol. The molecule has 0 spiro atoms. The molecule has 1 aliphatic heterocycles. The van der Waals surface area contributed by atoms with Crippen molar-refractivity contribution < 1.29 is 4.79 Å². The summed E-state index contributed by atoms with van der Waals surface area (Å²) in [4.78, 5) is 46.2. The Morgan fingerprint density at radius 2 is 1.54 bits per heavy atom. The highest BCUT2D eigenvalue weighted by Gasteiger charge is 2.20. The fraction of sp³-hybridized carbons (Fsp3) is 0.323. The standard InChI is InChI=1S/C31H35N5O3/c1-3-16-35-27-22-26(32-29(27)30(38)36(17-4-2)31(35)39)24-13-10-23(11-14-24)12-15-28(37)34-20-18-33(19-21-34)25-8-6-5-7-9-25/h5-15,22,32H,3-4,16-21H2,1-2H3. The van der Waals surface area contributed by atoms with Crippen LogP contribution in [-0.2, 0) is 17.9 Å². The van der Waals surface area contributed by atoms with Gasteiger partial charge in [0.15, 0.2) is 0 Å². The minimum Gasteiger partial charge on any atom is -0.368 e. The van der Waals surface area contributed by atoms with Crippen LogP contribution in [0.25, 0.3) is 28.4 Å². The van der Waals surface area contributed by atoms with Gasteiger partial charge in [-0.15, -0.1) is 0 Å². The number of hydrogen-bond acceptors (Lipinski definition) is 4. The highest BCUT2D eigenvalue weighted by Crippen LogP contribution is 2.23. The molecule has 1 N–H and O–H groups in total. The van der Waals surface area contributed by atoms with Crippen molar-refractivity contribution >= 4 is 28.7 Å². The van der Waals surface area contributed by atoms with E-state index in [9.17, 15) is 14.4 Å². The summed E-state index contributed by atoms with van der Waals surface area (Å²) in [5.74, 6) is 0.0136. The van der Waals surface area contributed by atoms with E-state index < -0.39 is 0 Å². The number of carbonyl (C=O) groups excluding carboxylic acids is 1. The molecule has 2 aromatic carbocycles. The third-order valence-corrected chi connectivity index (χ3v) is 7.26. The fourth-order valence-electron chi connectivity index (χ4n) is 5.18. The Labute approximate surface area is 227 Å². The van der Waals surface area contributed by atoms with Gasteiger partial charge in [0.1, 0.15) is 5.52 Å². The van der Waals surface area contributed by atoms with Crippen molar-refractivity contribution in [1.29, 1.82) is 0 Å². The van der Waals surface area contributed by atoms with Crippen molar-refractivity contribution in [2.24, 2.45) is 0 Å². The van der Waals surface area contributed by atoms with E-state index in [1.165, 1.54) is 10.3 Å². The number of nitrogens with one attached hydrogen (secondary N) is 1. The first kappa shape index (κ1) is 26.3. The van der Waals surface area contributed by atoms with E-state index in [4.69, 9.17) is 0 Å². The SMILES string of the molecule is CCCn1c(=O)c2[nH]c(-c3ccc(C=CC(=O)N4CCN(c5ccccc5)CC4)cc3)cc2n(CCC)c1=O. The first-order valence-electron chi connectivity index (χ1n) is 13.7. The summed E-state index contributed by atoms with van der Waals surface area (Å²) in [5.41, 5.74) is 4.35. The zero-order valence-corrected chi connectivity index (χ0v) is 22.6. The van der Waals surface area contributed by atoms with E-state index in [0.717, 1.165) is 36.3 Å². The van der Waals surface area contributed by atoms with Gasteiger partial charge in [-0.25, -0.2) is 4.79 Å². The zero-order valence-electron chi connectivity index (χ0n) is 22.6. The molecule has 0 atom stereocenters. The van der Waals surface area contributed by atoms with Crippen LogP contribution >= 0.6 is 0 Å². The number of aromatic amines is 1. The van der Waals surface area contributed by atoms with Gasteiger partial charge in [-0.3, -0.25) is 18.7 Å². The maximum absolute atomic E-state index is 13.0. The molecule has 8 heteroatoms. The van der Waals surface area contributed by atoms with Gasteiger partial charge in [0.2, 0.25) is 5.91 Å². The van der Waals surface area contributed by atoms with Crippen molar-refractivity contribution in [3.8, 4) is 11.3 Å². The highest BCUT2D eigenvalue weighted by molar-refractivity contribution is 5.92. The highest BCUT2D eigenvalue weighted by atomic mass is 16.2. The Hall–Kier alpha value is -4.33. The average molecular weight is 526 g/mol. The minimum atomic E-state index is -0.280. The monoisotopic (exact) mass is 525 g/mol. The van der Waals surface area contributed by atoms with Crippen LogP contribution in [0.3, 0.4) is 0 Å². The van der Waals surface area contributed by atoms with Gasteiger partial charge in [0.25, 0.3) is 5.56 Å². The number of rotatable bonds is 8. The summed E-state index contributed by atoms with van der Waals surface area (Å²) < 4.78 is 3.01. The summed E-state index contributed by atoms with van der Waals surface area (Å²) in [6.07, 6.45) is 4.98. The molecule has 8 nitrogen and oxygen atoms in total. The van der Waals surface area contributed by atoms with Gasteiger partial charge in [-0.2, -0.15) is 0 Å². The molecular formula is C31H35N5O3. The van der Waals surface area contributed by atoms with E-state index in [-0.39, 0.29) is 17.2 Å². The molecule has 5 rings (SSSR count). The first-order valence-corrected chi connectivity index (χ1v) is 13.7. The van der Waals surface area contributed by atoms with Crippen LogP contribution in [0.5, 0.6) is 0 Å². The van der Waals surface area contributed by atoms with E-state index in [0.29, 0.717) is 43.6 Å². The number of carbonyl (C=O) groups is 1. The maximum Gasteiger partial charge on any atom is 0.331 e. The second kappa shape index (κ2) is 11.6. The second-order valence-electron chi connectivity index (χ2n) is 9.94. The summed E-state index contributed by atoms with van der Waals surface area (Å²) in [6.45, 7) is 7.94. The Balaban J connectivity index is 1.29. The molecule has 1 amide bonds. The number of aromatic nitrogens is 3. The molecule has 0 radical (unpaired) electrons. The number of piperazine rings is 1. The zero-order chi connectivity index (χ0) is 27.4. The van der Waals surface area contributed by atoms with Crippen LogP contribution in [0, 0.1) is 0 Å². The fourth-order valence-corrected chi connectivity index (χ4v) is 5.18. The quantitative estimate of drug-likeness (QED) is 0.347. The lowest BCUT2D eigenvalue weighted by Gasteiger charge is -2.35. The predicted molar refractivity (Wildman–Crippen MR) is 157 cm³/mol. The summed E-state index contributed by atoms with van der Waals surface area (Å²) in [7, 11) is 0. The third-order valence-electron chi connectivity index (χ3n) is 7.26. The number of para-hydroxylation sites is 1. The predicted octanol–water partition coefficient (Wildman–Crippen LogP) is 4.34. The Kier molecular flexibility index (Phi) is 7.81. The van der Waals surface area contributed by atoms with E-state index >= 15 is 0 Å². The van der Waals surface area contributed by atoms with E-state index in [1.54, 1.807) is 10.6 Å². The summed E-state index contributed by atoms with van der Waals surface area (Å²) in [6, 6.07) is 20.0. The molecule has 0 bridgehead atoms. The van der Waals surface area contributed by atoms with Crippen molar-refractivity contribution in [3.05, 3.63) is 93.1 Å². The van der Waals surface area contributed by atoms with Gasteiger partial charge in [-0.1, -0.05) is 56.3 Å². The molecule has 0 unspecified atom stereocenters. The molecule has 1 fully saturated rings. The van der Waals surface area contributed by atoms with Crippen molar-refractivity contribution in [2.75, 3.05) is 31.1 Å². The lowest BCUT2D eigenvalue weighted by molar-refractivity contribution is -0.126. The van der Waals surface area contributed by atoms with Gasteiger partial charge >= 0.3 is 5.69 Å². The smallest absolute Gasteiger partial charge is 0.331 e. The maximum atomic E-state index is 13.0. The number of nitrogens with zero attached hydrogens (tertiary/aromatic N) is 4. The van der Waals surface area contributed by atoms with Crippen molar-refractivity contribution in [1.82, 2.24) is 19.0 Å². The lowest BCUT2D eigenvalue weighted by atomic mass is 10.1. The van der Waals surface area contributed by atoms with Gasteiger partial charge in [-0.05, 0) is 48.2 Å². The largest absolute Gasteiger partial charge is 0.368 e. The van der Waals surface area contributed by atoms with Crippen LogP contribution in [0.1, 0.15) is 32.3 Å². The van der Waals surface area contributed by atoms with E-state index in [2.05, 4.69) is 22.0 Å². The van der Waals surface area contributed by atoms with Crippen LogP contribution in [0.15, 0.2) is 76.3 Å². The molecule has 1 aliphatic rings. The number of aryl methyl sites for hydroxylation is 1.